The topological polar surface area (TPSA) is 80.3 Å². The van der Waals surface area contributed by atoms with Gasteiger partial charge in [-0.05, 0) is 0 Å². The summed E-state index contributed by atoms with van der Waals surface area (Å²) in [5, 5.41) is 0. The van der Waals surface area contributed by atoms with E-state index in [1.54, 1.807) is 0 Å². The molecule has 0 radical (unpaired) electrons. The minimum Gasteiger partial charge on any atom is 2.00 e. The molecule has 0 saturated carbocycles. The van der Waals surface area contributed by atoms with Crippen LogP contribution in [-0.2, 0) is 7.61 Å². The molecule has 0 heterocycles. The summed E-state index contributed by atoms with van der Waals surface area (Å²) >= 11 is -3.50. The molecule has 0 aliphatic carbocycles. The zero-order valence-corrected chi connectivity index (χ0v) is 16.5. The predicted octanol–water partition coefficient (Wildman–Crippen LogP) is -4.07. The van der Waals surface area contributed by atoms with Gasteiger partial charge < -0.3 is 5.71 Å². The fourth-order valence-corrected chi connectivity index (χ4v) is 0. The Labute approximate surface area is 165 Å². The summed E-state index contributed by atoms with van der Waals surface area (Å²) in [4.78, 5) is 0. The molecule has 9 heteroatoms. The minimum atomic E-state index is -1.75. The first-order valence-electron chi connectivity index (χ1n) is 0.943. The first-order valence-corrected chi connectivity index (χ1v) is 2.83. The third kappa shape index (κ3) is 73.7. The molecule has 40 valence electrons. The molecule has 0 saturated heterocycles. The standard InChI is InChI=1S/2Al.Ba.Mg.4O.Sr.4H/q;;2*+2;;;2*-1;+2;4*-1. The Morgan fingerprint density at radius 2 is 1.11 bits per heavy atom. The van der Waals surface area contributed by atoms with Gasteiger partial charge in [0.1, 0.15) is 0 Å². The fraction of sp³-hybridized carbons (Fsp3) is 0. The van der Waals surface area contributed by atoms with Crippen molar-refractivity contribution in [3.8, 4) is 0 Å². The monoisotopic (exact) mass is 372 g/mol. The summed E-state index contributed by atoms with van der Waals surface area (Å²) in [6.07, 6.45) is 0. The van der Waals surface area contributed by atoms with Gasteiger partial charge in [-0.2, -0.15) is 0 Å². The average molecular weight is 371 g/mol. The molecule has 0 bridgehead atoms. The molecule has 0 N–H and O–H groups in total. The molecule has 0 aromatic rings. The summed E-state index contributed by atoms with van der Waals surface area (Å²) in [5.74, 6) is 0. The van der Waals surface area contributed by atoms with E-state index < -0.39 is 31.0 Å². The van der Waals surface area contributed by atoms with Crippen molar-refractivity contribution in [1.29, 1.82) is 0 Å². The van der Waals surface area contributed by atoms with Gasteiger partial charge in [0, 0.05) is 0 Å². The van der Waals surface area contributed by atoms with Crippen molar-refractivity contribution >= 4 is 148 Å². The molecule has 4 nitrogen and oxygen atoms in total. The van der Waals surface area contributed by atoms with Crippen LogP contribution in [-0.4, -0.2) is 148 Å². The maximum absolute atomic E-state index is 8.46. The molecular formula is H4Al2BaMgO4Sr. The van der Waals surface area contributed by atoms with E-state index >= 15 is 0 Å². The maximum Gasteiger partial charge on any atom is 2.00 e. The van der Waals surface area contributed by atoms with Crippen molar-refractivity contribution in [2.24, 2.45) is 0 Å². The van der Waals surface area contributed by atoms with Crippen LogP contribution in [0.1, 0.15) is 5.71 Å². The average Bonchev–Trinajstić information content (AvgIpc) is 1.39. The van der Waals surface area contributed by atoms with E-state index in [0.717, 1.165) is 0 Å². The Bertz CT molecular complexity index is 51.1. The van der Waals surface area contributed by atoms with E-state index in [9.17, 15) is 0 Å². The Morgan fingerprint density at radius 1 is 1.11 bits per heavy atom. The van der Waals surface area contributed by atoms with E-state index in [4.69, 9.17) is 15.9 Å². The van der Waals surface area contributed by atoms with E-state index in [2.05, 4.69) is 0 Å². The summed E-state index contributed by atoms with van der Waals surface area (Å²) in [5.41, 5.74) is 0. The van der Waals surface area contributed by atoms with Crippen molar-refractivity contribution in [2.45, 2.75) is 0 Å². The number of rotatable bonds is 0. The Balaban J connectivity index is -0.00000000229. The van der Waals surface area contributed by atoms with Gasteiger partial charge in [-0.3, -0.25) is 0 Å². The summed E-state index contributed by atoms with van der Waals surface area (Å²) in [7, 11) is 0. The van der Waals surface area contributed by atoms with Crippen molar-refractivity contribution in [2.75, 3.05) is 0 Å². The van der Waals surface area contributed by atoms with Crippen LogP contribution < -0.4 is 8.32 Å². The molecular weight excluding hydrogens is 367 g/mol. The molecule has 0 fully saturated rings. The van der Waals surface area contributed by atoms with Crippen molar-refractivity contribution in [3.05, 3.63) is 0 Å². The Hall–Kier alpha value is 4.08. The molecule has 0 atom stereocenters. The molecule has 0 aliphatic rings. The van der Waals surface area contributed by atoms with Crippen LogP contribution in [0.2, 0.25) is 0 Å². The summed E-state index contributed by atoms with van der Waals surface area (Å²) < 4.78 is 33.8. The predicted molar refractivity (Wildman–Crippen MR) is 34.6 cm³/mol. The van der Waals surface area contributed by atoms with E-state index in [1.807, 2.05) is 0 Å². The molecule has 0 unspecified atom stereocenters. The van der Waals surface area contributed by atoms with Gasteiger partial charge >= 0.3 is 164 Å². The smallest absolute Gasteiger partial charge is 2.00 e. The van der Waals surface area contributed by atoms with Crippen LogP contribution in [0.15, 0.2) is 0 Å². The zero-order valence-electron chi connectivity index (χ0n) is 8.91. The molecule has 0 spiro atoms. The van der Waals surface area contributed by atoms with Crippen LogP contribution >= 0.6 is 0 Å². The normalized spacial score (nSPS) is 1.78. The van der Waals surface area contributed by atoms with Gasteiger partial charge in [0.25, 0.3) is 0 Å². The minimum absolute atomic E-state index is 0. The van der Waals surface area contributed by atoms with Crippen molar-refractivity contribution < 1.29 is 21.6 Å². The Morgan fingerprint density at radius 3 is 1.11 bits per heavy atom. The third-order valence-corrected chi connectivity index (χ3v) is 0. The summed E-state index contributed by atoms with van der Waals surface area (Å²) in [6, 6.07) is 0. The van der Waals surface area contributed by atoms with E-state index in [0.29, 0.717) is 0 Å². The molecule has 0 aromatic carbocycles. The van der Waals surface area contributed by atoms with Gasteiger partial charge in [0.05, 0.1) is 0 Å². The van der Waals surface area contributed by atoms with Crippen LogP contribution in [0.3, 0.4) is 0 Å². The number of hydrogen-bond donors (Lipinski definition) is 0. The quantitative estimate of drug-likeness (QED) is 0.406. The van der Waals surface area contributed by atoms with Gasteiger partial charge in [-0.25, -0.2) is 0 Å². The van der Waals surface area contributed by atoms with Crippen molar-refractivity contribution in [1.82, 2.24) is 0 Å². The molecule has 0 aliphatic heterocycles. The van der Waals surface area contributed by atoms with Gasteiger partial charge in [0.15, 0.2) is 0 Å². The second-order valence-electron chi connectivity index (χ2n) is 0.192. The second-order valence-corrected chi connectivity index (χ2v) is 0.577. The van der Waals surface area contributed by atoms with Crippen LogP contribution in [0.25, 0.3) is 0 Å². The second kappa shape index (κ2) is 40.1. The van der Waals surface area contributed by atoms with E-state index in [1.165, 1.54) is 0 Å². The first kappa shape index (κ1) is 29.2. The molecule has 0 aromatic heterocycles. The van der Waals surface area contributed by atoms with Gasteiger partial charge in [0.2, 0.25) is 0 Å². The third-order valence-electron chi connectivity index (χ3n) is 0. The summed E-state index contributed by atoms with van der Waals surface area (Å²) in [6.45, 7) is 0. The van der Waals surface area contributed by atoms with E-state index in [-0.39, 0.29) is 123 Å². The maximum atomic E-state index is 8.46. The van der Waals surface area contributed by atoms with Gasteiger partial charge in [-0.15, -0.1) is 0 Å². The first-order chi connectivity index (χ1) is 2.83. The van der Waals surface area contributed by atoms with Crippen LogP contribution in [0, 0.1) is 0 Å². The Kier molecular flexibility index (Phi) is 130. The van der Waals surface area contributed by atoms with Gasteiger partial charge in [-0.1, -0.05) is 0 Å². The van der Waals surface area contributed by atoms with Crippen molar-refractivity contribution in [3.63, 3.8) is 0 Å². The fourth-order valence-electron chi connectivity index (χ4n) is 0. The largest absolute Gasteiger partial charge is 2.00 e. The SMILES string of the molecule is [Ba+2].[H-].[H-].[H-].[H-].[Mg+2].[O]=[Al][O-].[O]=[Al][O-].[Sr+2]. The molecule has 0 amide bonds. The molecule has 9 heavy (non-hydrogen) atoms. The zero-order chi connectivity index (χ0) is 5.41. The van der Waals surface area contributed by atoms with Crippen LogP contribution in [0.4, 0.5) is 0 Å². The van der Waals surface area contributed by atoms with Crippen LogP contribution in [0.5, 0.6) is 0 Å². The molecule has 0 rings (SSSR count). The number of hydrogen-bond acceptors (Lipinski definition) is 4.